The highest BCUT2D eigenvalue weighted by Crippen LogP contribution is 2.34. The van der Waals surface area contributed by atoms with E-state index in [4.69, 9.17) is 0 Å². The molecular weight excluding hydrogens is 365 g/mol. The first-order chi connectivity index (χ1) is 13.1. The topological polar surface area (TPSA) is 42.7 Å². The van der Waals surface area contributed by atoms with Gasteiger partial charge in [-0.3, -0.25) is 4.68 Å². The van der Waals surface area contributed by atoms with Gasteiger partial charge in [0.2, 0.25) is 0 Å². The van der Waals surface area contributed by atoms with E-state index in [0.717, 1.165) is 42.5 Å². The molecule has 1 aliphatic rings. The Morgan fingerprint density at radius 2 is 2.11 bits per heavy atom. The molecular formula is C21H25F3N4. The average molecular weight is 390 g/mol. The molecule has 1 unspecified atom stereocenters. The van der Waals surface area contributed by atoms with Crippen LogP contribution in [0.25, 0.3) is 5.57 Å². The van der Waals surface area contributed by atoms with Crippen molar-refractivity contribution < 1.29 is 13.2 Å². The maximum absolute atomic E-state index is 13.0. The standard InChI is InChI=1S/C21H25F3N4/c1-13(2)16(11-15(4)21(22,23)24)18-12-19-17(6-5-9-28(19)27-18)26-20-10-14(3)7-8-25-20/h7-8,10-13,17H,4-6,9H2,1-3H3,(H,25,26)/b16-11+. The molecule has 1 atom stereocenters. The van der Waals surface area contributed by atoms with Gasteiger partial charge >= 0.3 is 6.18 Å². The third-order valence-electron chi connectivity index (χ3n) is 4.88. The summed E-state index contributed by atoms with van der Waals surface area (Å²) < 4.78 is 40.8. The predicted molar refractivity (Wildman–Crippen MR) is 105 cm³/mol. The first-order valence-corrected chi connectivity index (χ1v) is 9.40. The van der Waals surface area contributed by atoms with Crippen LogP contribution in [0.15, 0.2) is 42.6 Å². The molecule has 7 heteroatoms. The van der Waals surface area contributed by atoms with E-state index in [1.54, 1.807) is 6.20 Å². The molecule has 150 valence electrons. The number of nitrogens with one attached hydrogen (secondary N) is 1. The average Bonchev–Trinajstić information content (AvgIpc) is 3.03. The van der Waals surface area contributed by atoms with Gasteiger partial charge in [0.25, 0.3) is 0 Å². The number of rotatable bonds is 5. The highest BCUT2D eigenvalue weighted by Gasteiger charge is 2.31. The van der Waals surface area contributed by atoms with Crippen molar-refractivity contribution in [3.05, 3.63) is 59.6 Å². The van der Waals surface area contributed by atoms with E-state index in [0.29, 0.717) is 11.3 Å². The van der Waals surface area contributed by atoms with Gasteiger partial charge in [-0.2, -0.15) is 18.3 Å². The number of pyridine rings is 1. The molecule has 1 N–H and O–H groups in total. The first-order valence-electron chi connectivity index (χ1n) is 9.40. The minimum Gasteiger partial charge on any atom is -0.362 e. The fraction of sp³-hybridized carbons (Fsp3) is 0.429. The number of nitrogens with zero attached hydrogens (tertiary/aromatic N) is 3. The summed E-state index contributed by atoms with van der Waals surface area (Å²) in [6, 6.07) is 5.82. The lowest BCUT2D eigenvalue weighted by molar-refractivity contribution is -0.0877. The van der Waals surface area contributed by atoms with Crippen molar-refractivity contribution in [3.8, 4) is 0 Å². The molecule has 0 saturated carbocycles. The van der Waals surface area contributed by atoms with Crippen molar-refractivity contribution in [1.29, 1.82) is 0 Å². The number of allylic oxidation sites excluding steroid dienone is 3. The van der Waals surface area contributed by atoms with E-state index in [-0.39, 0.29) is 12.0 Å². The van der Waals surface area contributed by atoms with Crippen molar-refractivity contribution in [2.75, 3.05) is 5.32 Å². The Morgan fingerprint density at radius 1 is 1.36 bits per heavy atom. The second-order valence-corrected chi connectivity index (χ2v) is 7.51. The summed E-state index contributed by atoms with van der Waals surface area (Å²) in [5.74, 6) is 0.673. The Kier molecular flexibility index (Phi) is 5.63. The number of anilines is 1. The Bertz CT molecular complexity index is 893. The van der Waals surface area contributed by atoms with Crippen LogP contribution in [-0.4, -0.2) is 20.9 Å². The third-order valence-corrected chi connectivity index (χ3v) is 4.88. The maximum Gasteiger partial charge on any atom is 0.415 e. The monoisotopic (exact) mass is 390 g/mol. The van der Waals surface area contributed by atoms with Crippen LogP contribution in [0.1, 0.15) is 49.7 Å². The summed E-state index contributed by atoms with van der Waals surface area (Å²) in [7, 11) is 0. The van der Waals surface area contributed by atoms with Crippen molar-refractivity contribution in [2.45, 2.75) is 52.4 Å². The fourth-order valence-electron chi connectivity index (χ4n) is 3.37. The second kappa shape index (κ2) is 7.81. The predicted octanol–water partition coefficient (Wildman–Crippen LogP) is 5.69. The van der Waals surface area contributed by atoms with E-state index in [1.807, 2.05) is 43.7 Å². The number of alkyl halides is 3. The van der Waals surface area contributed by atoms with Crippen LogP contribution < -0.4 is 5.32 Å². The van der Waals surface area contributed by atoms with Crippen LogP contribution in [0.5, 0.6) is 0 Å². The third kappa shape index (κ3) is 4.46. The SMILES string of the molecule is C=C(/C=C(/c1cc2n(n1)CCCC2Nc1cc(C)ccn1)C(C)C)C(F)(F)F. The largest absolute Gasteiger partial charge is 0.415 e. The number of hydrogen-bond acceptors (Lipinski definition) is 3. The zero-order chi connectivity index (χ0) is 20.5. The van der Waals surface area contributed by atoms with Gasteiger partial charge in [-0.15, -0.1) is 0 Å². The van der Waals surface area contributed by atoms with Crippen LogP contribution in [0, 0.1) is 12.8 Å². The van der Waals surface area contributed by atoms with Crippen LogP contribution in [0.2, 0.25) is 0 Å². The molecule has 0 spiro atoms. The summed E-state index contributed by atoms with van der Waals surface area (Å²) >= 11 is 0. The number of fused-ring (bicyclic) bond motifs is 1. The van der Waals surface area contributed by atoms with Gasteiger partial charge in [0.05, 0.1) is 17.4 Å². The molecule has 0 aromatic carbocycles. The molecule has 0 amide bonds. The molecule has 1 aliphatic heterocycles. The van der Waals surface area contributed by atoms with Gasteiger partial charge in [-0.25, -0.2) is 4.98 Å². The Balaban J connectivity index is 1.92. The summed E-state index contributed by atoms with van der Waals surface area (Å²) in [5, 5.41) is 8.03. The van der Waals surface area contributed by atoms with Gasteiger partial charge in [0.1, 0.15) is 5.82 Å². The van der Waals surface area contributed by atoms with Gasteiger partial charge < -0.3 is 5.32 Å². The highest BCUT2D eigenvalue weighted by molar-refractivity contribution is 5.67. The van der Waals surface area contributed by atoms with Crippen LogP contribution >= 0.6 is 0 Å². The minimum absolute atomic E-state index is 0.0172. The molecule has 0 saturated heterocycles. The Morgan fingerprint density at radius 3 is 2.75 bits per heavy atom. The first kappa shape index (κ1) is 20.2. The van der Waals surface area contributed by atoms with Gasteiger partial charge in [-0.1, -0.05) is 20.4 Å². The molecule has 0 aliphatic carbocycles. The Labute approximate surface area is 163 Å². The fourth-order valence-corrected chi connectivity index (χ4v) is 3.37. The van der Waals surface area contributed by atoms with E-state index in [9.17, 15) is 13.2 Å². The van der Waals surface area contributed by atoms with Gasteiger partial charge in [0, 0.05) is 18.3 Å². The molecule has 4 nitrogen and oxygen atoms in total. The van der Waals surface area contributed by atoms with Crippen LogP contribution in [0.4, 0.5) is 19.0 Å². The van der Waals surface area contributed by atoms with Crippen molar-refractivity contribution >= 4 is 11.4 Å². The second-order valence-electron chi connectivity index (χ2n) is 7.51. The molecule has 0 fully saturated rings. The van der Waals surface area contributed by atoms with Crippen LogP contribution in [0.3, 0.4) is 0 Å². The summed E-state index contributed by atoms with van der Waals surface area (Å²) in [6.07, 6.45) is 0.278. The van der Waals surface area contributed by atoms with Crippen LogP contribution in [-0.2, 0) is 6.54 Å². The zero-order valence-corrected chi connectivity index (χ0v) is 16.3. The van der Waals surface area contributed by atoms with Crippen molar-refractivity contribution in [3.63, 3.8) is 0 Å². The lowest BCUT2D eigenvalue weighted by Gasteiger charge is -2.25. The number of halogens is 3. The molecule has 2 aromatic heterocycles. The quantitative estimate of drug-likeness (QED) is 0.667. The highest BCUT2D eigenvalue weighted by atomic mass is 19.4. The van der Waals surface area contributed by atoms with E-state index in [1.165, 1.54) is 0 Å². The Hall–Kier alpha value is -2.57. The molecule has 3 rings (SSSR count). The molecule has 3 heterocycles. The zero-order valence-electron chi connectivity index (χ0n) is 16.3. The summed E-state index contributed by atoms with van der Waals surface area (Å²) in [6.45, 7) is 9.65. The van der Waals surface area contributed by atoms with E-state index in [2.05, 4.69) is 22.0 Å². The van der Waals surface area contributed by atoms with Gasteiger partial charge in [0.15, 0.2) is 0 Å². The smallest absolute Gasteiger partial charge is 0.362 e. The number of aromatic nitrogens is 3. The van der Waals surface area contributed by atoms with E-state index >= 15 is 0 Å². The van der Waals surface area contributed by atoms with Crippen molar-refractivity contribution in [2.24, 2.45) is 5.92 Å². The number of hydrogen-bond donors (Lipinski definition) is 1. The summed E-state index contributed by atoms with van der Waals surface area (Å²) in [4.78, 5) is 4.35. The minimum atomic E-state index is -4.44. The normalized spacial score (nSPS) is 17.5. The van der Waals surface area contributed by atoms with Crippen molar-refractivity contribution in [1.82, 2.24) is 14.8 Å². The maximum atomic E-state index is 13.0. The molecule has 2 aromatic rings. The molecule has 0 radical (unpaired) electrons. The lowest BCUT2D eigenvalue weighted by atomic mass is 9.96. The lowest BCUT2D eigenvalue weighted by Crippen LogP contribution is -2.22. The molecule has 28 heavy (non-hydrogen) atoms. The number of aryl methyl sites for hydroxylation is 2. The summed E-state index contributed by atoms with van der Waals surface area (Å²) in [5.41, 5.74) is 2.32. The van der Waals surface area contributed by atoms with Gasteiger partial charge in [-0.05, 0) is 61.1 Å². The molecule has 0 bridgehead atoms. The van der Waals surface area contributed by atoms with E-state index < -0.39 is 11.7 Å².